The molecule has 0 aliphatic heterocycles. The van der Waals surface area contributed by atoms with Gasteiger partial charge in [0.2, 0.25) is 5.16 Å². The van der Waals surface area contributed by atoms with E-state index >= 15 is 0 Å². The lowest BCUT2D eigenvalue weighted by atomic mass is 10.0. The van der Waals surface area contributed by atoms with Crippen LogP contribution >= 0.6 is 24.2 Å². The molecule has 0 aliphatic rings. The predicted octanol–water partition coefficient (Wildman–Crippen LogP) is 4.94. The van der Waals surface area contributed by atoms with Crippen LogP contribution < -0.4 is 10.1 Å². The average molecular weight is 470 g/mol. The van der Waals surface area contributed by atoms with E-state index in [0.717, 1.165) is 36.2 Å². The molecule has 0 fully saturated rings. The molecule has 4 rings (SSSR count). The third kappa shape index (κ3) is 6.22. The Morgan fingerprint density at radius 1 is 1.03 bits per heavy atom. The molecule has 0 aliphatic carbocycles. The lowest BCUT2D eigenvalue weighted by Gasteiger charge is -2.15. The molecule has 3 aromatic carbocycles. The van der Waals surface area contributed by atoms with Crippen molar-refractivity contribution in [2.24, 2.45) is 7.05 Å². The van der Waals surface area contributed by atoms with Crippen LogP contribution in [-0.2, 0) is 20.2 Å². The lowest BCUT2D eigenvalue weighted by Crippen LogP contribution is -2.16. The van der Waals surface area contributed by atoms with Crippen LogP contribution in [0.3, 0.4) is 0 Å². The van der Waals surface area contributed by atoms with Crippen molar-refractivity contribution in [3.05, 3.63) is 77.4 Å². The van der Waals surface area contributed by atoms with Gasteiger partial charge in [0.1, 0.15) is 12.4 Å². The molecule has 0 bridgehead atoms. The first kappa shape index (κ1) is 24.0. The summed E-state index contributed by atoms with van der Waals surface area (Å²) in [6.07, 6.45) is 1.03. The van der Waals surface area contributed by atoms with E-state index in [1.54, 1.807) is 16.4 Å². The van der Waals surface area contributed by atoms with Crippen molar-refractivity contribution in [1.82, 2.24) is 25.5 Å². The zero-order chi connectivity index (χ0) is 21.5. The highest BCUT2D eigenvalue weighted by atomic mass is 35.5. The molecule has 32 heavy (non-hydrogen) atoms. The van der Waals surface area contributed by atoms with E-state index in [1.165, 1.54) is 27.5 Å². The van der Waals surface area contributed by atoms with E-state index in [2.05, 4.69) is 88.4 Å². The molecule has 0 radical (unpaired) electrons. The number of hydrogen-bond acceptors (Lipinski definition) is 6. The largest absolute Gasteiger partial charge is 0.489 e. The molecule has 0 atom stereocenters. The number of ether oxygens (including phenoxy) is 1. The Hall–Kier alpha value is -2.61. The number of tetrazole rings is 1. The second-order valence-corrected chi connectivity index (χ2v) is 8.56. The van der Waals surface area contributed by atoms with Crippen LogP contribution in [0, 0.1) is 6.92 Å². The Morgan fingerprint density at radius 3 is 2.62 bits per heavy atom. The van der Waals surface area contributed by atoms with Gasteiger partial charge in [-0.3, -0.25) is 0 Å². The Morgan fingerprint density at radius 2 is 1.84 bits per heavy atom. The van der Waals surface area contributed by atoms with Gasteiger partial charge in [0.25, 0.3) is 0 Å². The van der Waals surface area contributed by atoms with Crippen molar-refractivity contribution in [2.45, 2.75) is 31.7 Å². The van der Waals surface area contributed by atoms with E-state index in [0.29, 0.717) is 6.61 Å². The third-order valence-corrected chi connectivity index (χ3v) is 6.22. The van der Waals surface area contributed by atoms with Crippen LogP contribution in [0.2, 0.25) is 0 Å². The molecule has 0 saturated heterocycles. The molecule has 0 unspecified atom stereocenters. The van der Waals surface area contributed by atoms with E-state index in [9.17, 15) is 0 Å². The highest BCUT2D eigenvalue weighted by Gasteiger charge is 2.09. The molecule has 168 valence electrons. The summed E-state index contributed by atoms with van der Waals surface area (Å²) in [6.45, 7) is 4.34. The first-order valence-electron chi connectivity index (χ1n) is 10.5. The first-order chi connectivity index (χ1) is 15.2. The van der Waals surface area contributed by atoms with Gasteiger partial charge in [-0.05, 0) is 52.7 Å². The predicted molar refractivity (Wildman–Crippen MR) is 133 cm³/mol. The fourth-order valence-corrected chi connectivity index (χ4v) is 4.19. The molecule has 8 heteroatoms. The molecule has 1 aromatic heterocycles. The SMILES string of the molecule is Cc1ccc(COc2ccc3ccccc3c2CNCCCSc2nnnn2C)cc1.Cl. The molecule has 1 heterocycles. The quantitative estimate of drug-likeness (QED) is 0.262. The second-order valence-electron chi connectivity index (χ2n) is 7.50. The van der Waals surface area contributed by atoms with Crippen LogP contribution in [0.1, 0.15) is 23.1 Å². The minimum atomic E-state index is 0. The van der Waals surface area contributed by atoms with Gasteiger partial charge < -0.3 is 10.1 Å². The molecule has 0 amide bonds. The van der Waals surface area contributed by atoms with Gasteiger partial charge in [-0.2, -0.15) is 0 Å². The number of nitrogens with one attached hydrogen (secondary N) is 1. The number of aryl methyl sites for hydroxylation is 2. The van der Waals surface area contributed by atoms with E-state index in [-0.39, 0.29) is 12.4 Å². The number of fused-ring (bicyclic) bond motifs is 1. The maximum Gasteiger partial charge on any atom is 0.209 e. The van der Waals surface area contributed by atoms with Crippen LogP contribution in [0.15, 0.2) is 65.8 Å². The topological polar surface area (TPSA) is 64.9 Å². The highest BCUT2D eigenvalue weighted by Crippen LogP contribution is 2.29. The van der Waals surface area contributed by atoms with Crippen LogP contribution in [0.5, 0.6) is 5.75 Å². The summed E-state index contributed by atoms with van der Waals surface area (Å²) in [7, 11) is 1.86. The molecule has 0 saturated carbocycles. The monoisotopic (exact) mass is 469 g/mol. The van der Waals surface area contributed by atoms with E-state index < -0.39 is 0 Å². The zero-order valence-electron chi connectivity index (χ0n) is 18.3. The number of rotatable bonds is 10. The Labute approximate surface area is 199 Å². The van der Waals surface area contributed by atoms with Gasteiger partial charge in [-0.1, -0.05) is 71.9 Å². The summed E-state index contributed by atoms with van der Waals surface area (Å²) in [6, 6.07) is 21.2. The minimum absolute atomic E-state index is 0. The Kier molecular flexibility index (Phi) is 8.90. The van der Waals surface area contributed by atoms with Crippen molar-refractivity contribution in [1.29, 1.82) is 0 Å². The summed E-state index contributed by atoms with van der Waals surface area (Å²) in [4.78, 5) is 0. The smallest absolute Gasteiger partial charge is 0.209 e. The molecule has 4 aromatic rings. The van der Waals surface area contributed by atoms with Crippen LogP contribution in [-0.4, -0.2) is 32.5 Å². The van der Waals surface area contributed by atoms with Crippen LogP contribution in [0.25, 0.3) is 10.8 Å². The lowest BCUT2D eigenvalue weighted by molar-refractivity contribution is 0.303. The standard InChI is InChI=1S/C24H27N5OS.ClH/c1-18-8-10-19(11-9-18)17-30-23-13-12-20-6-3-4-7-21(20)22(23)16-25-14-5-15-31-24-26-27-28-29(24)2;/h3-4,6-13,25H,5,14-17H2,1-2H3;1H. The molecule has 6 nitrogen and oxygen atoms in total. The van der Waals surface area contributed by atoms with Crippen LogP contribution in [0.4, 0.5) is 0 Å². The van der Waals surface area contributed by atoms with Gasteiger partial charge in [0.15, 0.2) is 0 Å². The normalized spacial score (nSPS) is 10.8. The minimum Gasteiger partial charge on any atom is -0.489 e. The number of halogens is 1. The van der Waals surface area contributed by atoms with Crippen molar-refractivity contribution >= 4 is 34.9 Å². The van der Waals surface area contributed by atoms with Gasteiger partial charge >= 0.3 is 0 Å². The van der Waals surface area contributed by atoms with E-state index in [4.69, 9.17) is 4.74 Å². The second kappa shape index (κ2) is 11.9. The zero-order valence-corrected chi connectivity index (χ0v) is 20.0. The first-order valence-corrected chi connectivity index (χ1v) is 11.4. The van der Waals surface area contributed by atoms with Gasteiger partial charge in [0.05, 0.1) is 0 Å². The summed E-state index contributed by atoms with van der Waals surface area (Å²) >= 11 is 1.67. The summed E-state index contributed by atoms with van der Waals surface area (Å²) in [5.41, 5.74) is 3.64. The average Bonchev–Trinajstić information content (AvgIpc) is 3.20. The number of thioether (sulfide) groups is 1. The van der Waals surface area contributed by atoms with Gasteiger partial charge in [-0.15, -0.1) is 17.5 Å². The summed E-state index contributed by atoms with van der Waals surface area (Å²) in [5.74, 6) is 1.90. The molecular weight excluding hydrogens is 442 g/mol. The van der Waals surface area contributed by atoms with Gasteiger partial charge in [0, 0.05) is 24.9 Å². The maximum atomic E-state index is 6.24. The third-order valence-electron chi connectivity index (χ3n) is 5.12. The Balaban J connectivity index is 0.00000289. The highest BCUT2D eigenvalue weighted by molar-refractivity contribution is 7.99. The van der Waals surface area contributed by atoms with Crippen molar-refractivity contribution < 1.29 is 4.74 Å². The number of nitrogens with zero attached hydrogens (tertiary/aromatic N) is 4. The maximum absolute atomic E-state index is 6.24. The summed E-state index contributed by atoms with van der Waals surface area (Å²) < 4.78 is 7.94. The fourth-order valence-electron chi connectivity index (χ4n) is 3.40. The van der Waals surface area contributed by atoms with Crippen molar-refractivity contribution in [3.8, 4) is 5.75 Å². The molecule has 0 spiro atoms. The molecule has 1 N–H and O–H groups in total. The van der Waals surface area contributed by atoms with E-state index in [1.807, 2.05) is 7.05 Å². The number of benzene rings is 3. The summed E-state index contributed by atoms with van der Waals surface area (Å²) in [5, 5.41) is 18.4. The van der Waals surface area contributed by atoms with Crippen molar-refractivity contribution in [3.63, 3.8) is 0 Å². The van der Waals surface area contributed by atoms with Gasteiger partial charge in [-0.25, -0.2) is 4.68 Å². The molecular formula is C24H28ClN5OS. The fraction of sp³-hybridized carbons (Fsp3) is 0.292. The Bertz CT molecular complexity index is 1130. The number of aromatic nitrogens is 4. The number of hydrogen-bond donors (Lipinski definition) is 1. The van der Waals surface area contributed by atoms with Crippen molar-refractivity contribution in [2.75, 3.05) is 12.3 Å².